The van der Waals surface area contributed by atoms with E-state index in [0.29, 0.717) is 19.3 Å². The van der Waals surface area contributed by atoms with Crippen molar-refractivity contribution in [3.05, 3.63) is 29.3 Å². The molecule has 2 saturated heterocycles. The number of aliphatic hydroxyl groups is 1. The third-order valence-electron chi connectivity index (χ3n) is 5.93. The highest BCUT2D eigenvalue weighted by molar-refractivity contribution is 7.18. The molecule has 146 valence electrons. The Bertz CT molecular complexity index is 765. The number of carbonyl (C=O) groups is 1. The van der Waals surface area contributed by atoms with Crippen molar-refractivity contribution in [1.29, 1.82) is 0 Å². The maximum absolute atomic E-state index is 12.7. The number of carbonyl (C=O) groups excluding carboxylic acids is 1. The van der Waals surface area contributed by atoms with Crippen molar-refractivity contribution in [2.24, 2.45) is 0 Å². The number of hydrogen-bond acceptors (Lipinski definition) is 5. The van der Waals surface area contributed by atoms with E-state index in [2.05, 4.69) is 18.0 Å². The molecule has 0 radical (unpaired) electrons. The second-order valence-electron chi connectivity index (χ2n) is 7.88. The number of aliphatic hydroxyl groups excluding tert-OH is 1. The number of thiazole rings is 1. The van der Waals surface area contributed by atoms with Crippen LogP contribution in [-0.2, 0) is 16.0 Å². The quantitative estimate of drug-likeness (QED) is 0.870. The molecule has 0 bridgehead atoms. The first-order valence-electron chi connectivity index (χ1n) is 10.0. The SMILES string of the molecule is CC[C@H]1C[C@@H](O)CC2(CCN(C(=O)CCc3nc4ccccc4s3)CC2)O1. The molecule has 5 nitrogen and oxygen atoms in total. The summed E-state index contributed by atoms with van der Waals surface area (Å²) < 4.78 is 7.50. The van der Waals surface area contributed by atoms with Crippen LogP contribution in [0.5, 0.6) is 0 Å². The minimum atomic E-state index is -0.273. The van der Waals surface area contributed by atoms with Crippen LogP contribution in [0.1, 0.15) is 50.5 Å². The van der Waals surface area contributed by atoms with Gasteiger partial charge in [-0.25, -0.2) is 4.98 Å². The highest BCUT2D eigenvalue weighted by atomic mass is 32.1. The minimum absolute atomic E-state index is 0.148. The first kappa shape index (κ1) is 18.8. The van der Waals surface area contributed by atoms with Gasteiger partial charge in [-0.1, -0.05) is 19.1 Å². The summed E-state index contributed by atoms with van der Waals surface area (Å²) in [5.74, 6) is 0.201. The number of hydrogen-bond donors (Lipinski definition) is 1. The molecule has 1 amide bonds. The van der Waals surface area contributed by atoms with Crippen molar-refractivity contribution in [2.45, 2.75) is 69.7 Å². The fourth-order valence-corrected chi connectivity index (χ4v) is 5.37. The van der Waals surface area contributed by atoms with Crippen molar-refractivity contribution in [3.63, 3.8) is 0 Å². The van der Waals surface area contributed by atoms with Gasteiger partial charge in [0.2, 0.25) is 5.91 Å². The molecule has 0 unspecified atom stereocenters. The Morgan fingerprint density at radius 2 is 2.15 bits per heavy atom. The first-order chi connectivity index (χ1) is 13.1. The van der Waals surface area contributed by atoms with Crippen LogP contribution in [0.2, 0.25) is 0 Å². The Hall–Kier alpha value is -1.50. The number of rotatable bonds is 4. The van der Waals surface area contributed by atoms with Gasteiger partial charge in [-0.3, -0.25) is 4.79 Å². The van der Waals surface area contributed by atoms with Gasteiger partial charge in [0.05, 0.1) is 33.0 Å². The predicted molar refractivity (Wildman–Crippen MR) is 107 cm³/mol. The molecule has 2 atom stereocenters. The number of aromatic nitrogens is 1. The lowest BCUT2D eigenvalue weighted by Crippen LogP contribution is -2.53. The van der Waals surface area contributed by atoms with Crippen molar-refractivity contribution in [2.75, 3.05) is 13.1 Å². The van der Waals surface area contributed by atoms with E-state index >= 15 is 0 Å². The number of fused-ring (bicyclic) bond motifs is 1. The lowest BCUT2D eigenvalue weighted by atomic mass is 9.81. The third-order valence-corrected chi connectivity index (χ3v) is 7.03. The van der Waals surface area contributed by atoms with Gasteiger partial charge in [0.25, 0.3) is 0 Å². The fraction of sp³-hybridized carbons (Fsp3) is 0.619. The molecule has 2 aliphatic heterocycles. The number of likely N-dealkylation sites (tertiary alicyclic amines) is 1. The summed E-state index contributed by atoms with van der Waals surface area (Å²) in [6.45, 7) is 3.56. The summed E-state index contributed by atoms with van der Waals surface area (Å²) in [6.07, 6.45) is 5.12. The van der Waals surface area contributed by atoms with E-state index in [0.717, 1.165) is 49.3 Å². The van der Waals surface area contributed by atoms with E-state index < -0.39 is 0 Å². The van der Waals surface area contributed by atoms with E-state index in [1.54, 1.807) is 11.3 Å². The van der Waals surface area contributed by atoms with E-state index in [1.165, 1.54) is 4.70 Å². The molecular weight excluding hydrogens is 360 g/mol. The highest BCUT2D eigenvalue weighted by Gasteiger charge is 2.43. The van der Waals surface area contributed by atoms with Crippen molar-refractivity contribution in [3.8, 4) is 0 Å². The lowest BCUT2D eigenvalue weighted by molar-refractivity contribution is -0.183. The van der Waals surface area contributed by atoms with Crippen LogP contribution in [-0.4, -0.2) is 51.8 Å². The molecule has 2 aliphatic rings. The van der Waals surface area contributed by atoms with Crippen LogP contribution >= 0.6 is 11.3 Å². The largest absolute Gasteiger partial charge is 0.393 e. The zero-order valence-electron chi connectivity index (χ0n) is 15.9. The van der Waals surface area contributed by atoms with Crippen LogP contribution in [0.25, 0.3) is 10.2 Å². The number of benzene rings is 1. The van der Waals surface area contributed by atoms with Crippen LogP contribution in [0.4, 0.5) is 0 Å². The standard InChI is InChI=1S/C21H28N2O3S/c1-2-16-13-15(24)14-21(26-16)9-11-23(12-10-21)20(25)8-7-19-22-17-5-3-4-6-18(17)27-19/h3-6,15-16,24H,2,7-14H2,1H3/t15-,16+/m1/s1. The van der Waals surface area contributed by atoms with Crippen molar-refractivity contribution < 1.29 is 14.6 Å². The molecule has 27 heavy (non-hydrogen) atoms. The molecule has 2 aromatic rings. The van der Waals surface area contributed by atoms with E-state index in [4.69, 9.17) is 4.74 Å². The summed E-state index contributed by atoms with van der Waals surface area (Å²) in [5.41, 5.74) is 0.783. The van der Waals surface area contributed by atoms with Crippen LogP contribution in [0, 0.1) is 0 Å². The van der Waals surface area contributed by atoms with E-state index in [-0.39, 0.29) is 23.7 Å². The second kappa shape index (κ2) is 7.86. The third kappa shape index (κ3) is 4.18. The van der Waals surface area contributed by atoms with E-state index in [1.807, 2.05) is 23.1 Å². The van der Waals surface area contributed by atoms with Gasteiger partial charge in [-0.2, -0.15) is 0 Å². The predicted octanol–water partition coefficient (Wildman–Crippen LogP) is 3.54. The maximum atomic E-state index is 12.7. The Balaban J connectivity index is 1.30. The number of nitrogens with zero attached hydrogens (tertiary/aromatic N) is 2. The highest BCUT2D eigenvalue weighted by Crippen LogP contribution is 2.38. The molecule has 6 heteroatoms. The topological polar surface area (TPSA) is 62.7 Å². The number of aryl methyl sites for hydroxylation is 1. The van der Waals surface area contributed by atoms with Crippen molar-refractivity contribution in [1.82, 2.24) is 9.88 Å². The van der Waals surface area contributed by atoms with Crippen LogP contribution in [0.15, 0.2) is 24.3 Å². The Labute approximate surface area is 164 Å². The van der Waals surface area contributed by atoms with Crippen LogP contribution in [0.3, 0.4) is 0 Å². The second-order valence-corrected chi connectivity index (χ2v) is 9.00. The van der Waals surface area contributed by atoms with Gasteiger partial charge in [0.15, 0.2) is 0 Å². The molecule has 2 fully saturated rings. The Morgan fingerprint density at radius 3 is 2.89 bits per heavy atom. The van der Waals surface area contributed by atoms with Crippen molar-refractivity contribution >= 4 is 27.5 Å². The molecule has 1 aromatic carbocycles. The Morgan fingerprint density at radius 1 is 1.37 bits per heavy atom. The first-order valence-corrected chi connectivity index (χ1v) is 10.9. The molecule has 0 aliphatic carbocycles. The van der Waals surface area contributed by atoms with Gasteiger partial charge in [0.1, 0.15) is 0 Å². The summed E-state index contributed by atoms with van der Waals surface area (Å²) in [4.78, 5) is 19.2. The van der Waals surface area contributed by atoms with Gasteiger partial charge >= 0.3 is 0 Å². The zero-order valence-corrected chi connectivity index (χ0v) is 16.7. The molecule has 0 saturated carbocycles. The molecule has 3 heterocycles. The van der Waals surface area contributed by atoms with Gasteiger partial charge in [-0.15, -0.1) is 11.3 Å². The number of amides is 1. The van der Waals surface area contributed by atoms with Gasteiger partial charge in [-0.05, 0) is 37.8 Å². The summed E-state index contributed by atoms with van der Waals surface area (Å²) >= 11 is 1.68. The molecule has 4 rings (SSSR count). The molecular formula is C21H28N2O3S. The van der Waals surface area contributed by atoms with Crippen LogP contribution < -0.4 is 0 Å². The lowest BCUT2D eigenvalue weighted by Gasteiger charge is -2.47. The smallest absolute Gasteiger partial charge is 0.222 e. The minimum Gasteiger partial charge on any atom is -0.393 e. The maximum Gasteiger partial charge on any atom is 0.222 e. The zero-order chi connectivity index (χ0) is 18.9. The normalized spacial score (nSPS) is 25.2. The molecule has 1 aromatic heterocycles. The number of piperidine rings is 1. The van der Waals surface area contributed by atoms with Gasteiger partial charge < -0.3 is 14.7 Å². The number of para-hydroxylation sites is 1. The fourth-order valence-electron chi connectivity index (χ4n) is 4.40. The molecule has 1 N–H and O–H groups in total. The summed E-state index contributed by atoms with van der Waals surface area (Å²) in [7, 11) is 0. The monoisotopic (exact) mass is 388 g/mol. The molecule has 1 spiro atoms. The van der Waals surface area contributed by atoms with E-state index in [9.17, 15) is 9.90 Å². The summed E-state index contributed by atoms with van der Waals surface area (Å²) in [5, 5.41) is 11.2. The number of ether oxygens (including phenoxy) is 1. The Kier molecular flexibility index (Phi) is 5.48. The van der Waals surface area contributed by atoms with Gasteiger partial charge in [0, 0.05) is 32.4 Å². The average molecular weight is 389 g/mol. The average Bonchev–Trinajstić information content (AvgIpc) is 3.09. The summed E-state index contributed by atoms with van der Waals surface area (Å²) in [6, 6.07) is 8.11.